The fourth-order valence-electron chi connectivity index (χ4n) is 4.41. The van der Waals surface area contributed by atoms with Crippen LogP contribution < -0.4 is 4.89 Å². The molecule has 0 saturated heterocycles. The van der Waals surface area contributed by atoms with Crippen LogP contribution in [0.3, 0.4) is 0 Å². The maximum atomic E-state index is 12.6. The number of carbonyl (C=O) groups is 2. The van der Waals surface area contributed by atoms with E-state index in [9.17, 15) is 19.0 Å². The van der Waals surface area contributed by atoms with Gasteiger partial charge in [-0.1, -0.05) is 135 Å². The van der Waals surface area contributed by atoms with Crippen LogP contribution in [0.15, 0.2) is 122 Å². The number of hydrogen-bond acceptors (Lipinski definition) is 8. The Balaban J connectivity index is 4.68. The van der Waals surface area contributed by atoms with Gasteiger partial charge in [-0.05, 0) is 77.0 Å². The first-order valence-corrected chi connectivity index (χ1v) is 21.7. The number of ether oxygens (including phenoxy) is 2. The van der Waals surface area contributed by atoms with E-state index < -0.39 is 32.5 Å². The van der Waals surface area contributed by atoms with E-state index in [-0.39, 0.29) is 26.1 Å². The average molecular weight is 798 g/mol. The van der Waals surface area contributed by atoms with Crippen LogP contribution in [0.25, 0.3) is 0 Å². The minimum atomic E-state index is -4.67. The van der Waals surface area contributed by atoms with Gasteiger partial charge in [-0.2, -0.15) is 0 Å². The second-order valence-electron chi connectivity index (χ2n) is 13.9. The summed E-state index contributed by atoms with van der Waals surface area (Å²) in [5, 5.41) is 0. The maximum absolute atomic E-state index is 12.6. The van der Waals surface area contributed by atoms with Gasteiger partial charge in [0.25, 0.3) is 7.82 Å². The summed E-state index contributed by atoms with van der Waals surface area (Å²) in [4.78, 5) is 37.4. The molecule has 2 unspecified atom stereocenters. The van der Waals surface area contributed by atoms with Gasteiger partial charge in [-0.3, -0.25) is 14.2 Å². The maximum Gasteiger partial charge on any atom is 0.309 e. The number of nitrogens with zero attached hydrogens (tertiary/aromatic N) is 1. The highest BCUT2D eigenvalue weighted by Gasteiger charge is 2.21. The van der Waals surface area contributed by atoms with Gasteiger partial charge in [-0.25, -0.2) is 0 Å². The predicted octanol–water partition coefficient (Wildman–Crippen LogP) is 10.7. The lowest BCUT2D eigenvalue weighted by Crippen LogP contribution is -2.37. The van der Waals surface area contributed by atoms with Crippen molar-refractivity contribution in [3.63, 3.8) is 0 Å². The highest BCUT2D eigenvalue weighted by atomic mass is 31.2. The van der Waals surface area contributed by atoms with E-state index in [1.807, 2.05) is 39.4 Å². The van der Waals surface area contributed by atoms with Crippen LogP contribution >= 0.6 is 7.82 Å². The zero-order chi connectivity index (χ0) is 41.4. The number of phosphoric ester groups is 1. The molecule has 0 aliphatic carbocycles. The molecule has 0 heterocycles. The van der Waals surface area contributed by atoms with Gasteiger partial charge in [0, 0.05) is 6.42 Å². The zero-order valence-corrected chi connectivity index (χ0v) is 35.9. The molecule has 0 fully saturated rings. The number of phosphoric acid groups is 1. The molecule has 9 nitrogen and oxygen atoms in total. The van der Waals surface area contributed by atoms with Gasteiger partial charge in [0.05, 0.1) is 34.2 Å². The smallest absolute Gasteiger partial charge is 0.309 e. The van der Waals surface area contributed by atoms with Gasteiger partial charge < -0.3 is 27.9 Å². The van der Waals surface area contributed by atoms with Crippen molar-refractivity contribution in [2.45, 2.75) is 110 Å². The molecular weight excluding hydrogens is 725 g/mol. The molecule has 0 aromatic heterocycles. The number of quaternary nitrogens is 1. The molecule has 314 valence electrons. The number of rotatable bonds is 34. The lowest BCUT2D eigenvalue weighted by Gasteiger charge is -2.28. The number of esters is 2. The zero-order valence-electron chi connectivity index (χ0n) is 35.0. The third kappa shape index (κ3) is 40.1. The standard InChI is InChI=1S/C46H72NO8P/c1-6-8-10-12-14-16-18-20-22-23-25-27-29-31-33-35-37-39-46(49)55-44(43-54-56(50,51)53-41-40-47(3,4)5)42-52-45(48)38-36-34-32-30-28-26-24-21-19-17-15-13-11-9-7-2/h8-11,14-17,20-22,24-25,27-28,30-31,33-34,36,44H,6-7,12-13,18-19,23,26,29,32,35,37-43H2,1-5H3/b10-8-,11-9-,16-14-,17-15-,22-20-,24-21-,27-25-,30-28-,33-31-,36-34-. The lowest BCUT2D eigenvalue weighted by molar-refractivity contribution is -0.870. The van der Waals surface area contributed by atoms with Gasteiger partial charge in [0.2, 0.25) is 0 Å². The van der Waals surface area contributed by atoms with Crippen molar-refractivity contribution in [2.24, 2.45) is 0 Å². The molecule has 2 atom stereocenters. The second-order valence-corrected chi connectivity index (χ2v) is 15.3. The van der Waals surface area contributed by atoms with Gasteiger partial charge in [0.15, 0.2) is 6.10 Å². The highest BCUT2D eigenvalue weighted by Crippen LogP contribution is 2.38. The van der Waals surface area contributed by atoms with Crippen molar-refractivity contribution in [1.82, 2.24) is 0 Å². The first kappa shape index (κ1) is 52.4. The molecule has 0 aromatic carbocycles. The largest absolute Gasteiger partial charge is 0.756 e. The molecule has 0 saturated carbocycles. The molecule has 0 rings (SSSR count). The highest BCUT2D eigenvalue weighted by molar-refractivity contribution is 7.45. The van der Waals surface area contributed by atoms with E-state index in [1.54, 1.807) is 6.08 Å². The summed E-state index contributed by atoms with van der Waals surface area (Å²) >= 11 is 0. The summed E-state index contributed by atoms with van der Waals surface area (Å²) < 4.78 is 33.6. The monoisotopic (exact) mass is 797 g/mol. The predicted molar refractivity (Wildman–Crippen MR) is 231 cm³/mol. The average Bonchev–Trinajstić information content (AvgIpc) is 3.15. The van der Waals surface area contributed by atoms with Crippen molar-refractivity contribution < 1.29 is 42.1 Å². The molecule has 10 heteroatoms. The second kappa shape index (κ2) is 37.0. The Kier molecular flexibility index (Phi) is 34.6. The van der Waals surface area contributed by atoms with Crippen LogP contribution in [0.5, 0.6) is 0 Å². The number of carbonyl (C=O) groups excluding carboxylic acids is 2. The molecule has 0 aromatic rings. The molecule has 56 heavy (non-hydrogen) atoms. The van der Waals surface area contributed by atoms with E-state index in [2.05, 4.69) is 111 Å². The summed E-state index contributed by atoms with van der Waals surface area (Å²) in [6.45, 7) is 3.77. The van der Waals surface area contributed by atoms with Crippen molar-refractivity contribution in [3.05, 3.63) is 122 Å². The van der Waals surface area contributed by atoms with E-state index in [0.717, 1.165) is 57.8 Å². The molecule has 0 spiro atoms. The molecule has 0 aliphatic heterocycles. The SMILES string of the molecule is CC/C=C\C/C=C\C/C=C\C/C=C\C/C=C\CCCC(=O)OC(COC(=O)C/C=C\C/C=C\C/C=C\C/C=C\C/C=C\CC)COP(=O)([O-])OCC[N+](C)(C)C. The minimum Gasteiger partial charge on any atom is -0.756 e. The van der Waals surface area contributed by atoms with Crippen molar-refractivity contribution in [3.8, 4) is 0 Å². The number of unbranched alkanes of at least 4 members (excludes halogenated alkanes) is 1. The Morgan fingerprint density at radius 2 is 0.982 bits per heavy atom. The number of likely N-dealkylation sites (N-methyl/N-ethyl adjacent to an activating group) is 1. The third-order valence-electron chi connectivity index (χ3n) is 7.51. The Morgan fingerprint density at radius 3 is 1.41 bits per heavy atom. The van der Waals surface area contributed by atoms with Gasteiger partial charge >= 0.3 is 11.9 Å². The van der Waals surface area contributed by atoms with Crippen LogP contribution in [0.4, 0.5) is 0 Å². The topological polar surface area (TPSA) is 111 Å². The molecular formula is C46H72NO8P. The van der Waals surface area contributed by atoms with E-state index in [1.165, 1.54) is 0 Å². The van der Waals surface area contributed by atoms with Crippen molar-refractivity contribution in [2.75, 3.05) is 47.5 Å². The lowest BCUT2D eigenvalue weighted by atomic mass is 10.2. The van der Waals surface area contributed by atoms with E-state index in [0.29, 0.717) is 30.3 Å². The van der Waals surface area contributed by atoms with Gasteiger partial charge in [0.1, 0.15) is 19.8 Å². The van der Waals surface area contributed by atoms with Crippen LogP contribution in [-0.4, -0.2) is 70.0 Å². The molecule has 0 bridgehead atoms. The first-order valence-electron chi connectivity index (χ1n) is 20.2. The summed E-state index contributed by atoms with van der Waals surface area (Å²) in [5.41, 5.74) is 0. The fourth-order valence-corrected chi connectivity index (χ4v) is 5.14. The Bertz CT molecular complexity index is 1360. The number of hydrogen-bond donors (Lipinski definition) is 0. The van der Waals surface area contributed by atoms with E-state index >= 15 is 0 Å². The molecule has 0 N–H and O–H groups in total. The molecule has 0 amide bonds. The van der Waals surface area contributed by atoms with Crippen molar-refractivity contribution >= 4 is 19.8 Å². The third-order valence-corrected chi connectivity index (χ3v) is 8.47. The minimum absolute atomic E-state index is 0.0243. The Morgan fingerprint density at radius 1 is 0.571 bits per heavy atom. The van der Waals surface area contributed by atoms with Crippen LogP contribution in [-0.2, 0) is 32.7 Å². The van der Waals surface area contributed by atoms with E-state index in [4.69, 9.17) is 18.5 Å². The Hall–Kier alpha value is -3.59. The summed E-state index contributed by atoms with van der Waals surface area (Å²) in [5.74, 6) is -1.07. The summed E-state index contributed by atoms with van der Waals surface area (Å²) in [7, 11) is 1.06. The van der Waals surface area contributed by atoms with Crippen LogP contribution in [0.2, 0.25) is 0 Å². The van der Waals surface area contributed by atoms with Gasteiger partial charge in [-0.15, -0.1) is 0 Å². The summed E-state index contributed by atoms with van der Waals surface area (Å²) in [6, 6.07) is 0. The quantitative estimate of drug-likeness (QED) is 0.0208. The number of allylic oxidation sites excluding steroid dienone is 19. The molecule has 0 radical (unpaired) electrons. The Labute approximate surface area is 339 Å². The fraction of sp³-hybridized carbons (Fsp3) is 0.522. The first-order chi connectivity index (χ1) is 27.0. The van der Waals surface area contributed by atoms with Crippen LogP contribution in [0, 0.1) is 0 Å². The molecule has 0 aliphatic rings. The normalized spacial score (nSPS) is 14.9. The summed E-state index contributed by atoms with van der Waals surface area (Å²) in [6.07, 6.45) is 51.3. The van der Waals surface area contributed by atoms with Crippen LogP contribution in [0.1, 0.15) is 104 Å². The van der Waals surface area contributed by atoms with Crippen molar-refractivity contribution in [1.29, 1.82) is 0 Å².